The average molecular weight is 414 g/mol. The van der Waals surface area contributed by atoms with Crippen molar-refractivity contribution in [2.45, 2.75) is 6.42 Å². The minimum Gasteiger partial charge on any atom is -0.383 e. The molecule has 0 spiro atoms. The molecule has 30 heavy (non-hydrogen) atoms. The molecule has 3 aromatic rings. The number of nitro benzene ring substituents is 1. The summed E-state index contributed by atoms with van der Waals surface area (Å²) in [5, 5.41) is 14.9. The number of amides is 1. The van der Waals surface area contributed by atoms with E-state index < -0.39 is 4.92 Å². The van der Waals surface area contributed by atoms with Crippen LogP contribution < -0.4 is 0 Å². The first kappa shape index (κ1) is 21.1. The summed E-state index contributed by atoms with van der Waals surface area (Å²) in [6, 6.07) is 11.2. The molecule has 1 aromatic heterocycles. The fraction of sp³-hybridized carbons (Fsp3) is 0.250. The Hall–Kier alpha value is -3.66. The molecular formula is C20H19FN4O5. The number of halogens is 1. The van der Waals surface area contributed by atoms with Crippen LogP contribution in [-0.4, -0.2) is 52.7 Å². The summed E-state index contributed by atoms with van der Waals surface area (Å²) in [5.41, 5.74) is 0.654. The van der Waals surface area contributed by atoms with Gasteiger partial charge in [0.25, 0.3) is 11.6 Å². The van der Waals surface area contributed by atoms with Crippen molar-refractivity contribution in [3.63, 3.8) is 0 Å². The highest BCUT2D eigenvalue weighted by atomic mass is 19.1. The highest BCUT2D eigenvalue weighted by Gasteiger charge is 2.19. The number of carbonyl (C=O) groups is 1. The van der Waals surface area contributed by atoms with Crippen LogP contribution in [0.2, 0.25) is 0 Å². The largest absolute Gasteiger partial charge is 0.383 e. The highest BCUT2D eigenvalue weighted by molar-refractivity contribution is 5.94. The summed E-state index contributed by atoms with van der Waals surface area (Å²) in [5.74, 6) is -0.105. The van der Waals surface area contributed by atoms with Gasteiger partial charge in [0.15, 0.2) is 0 Å². The third-order valence-electron chi connectivity index (χ3n) is 4.32. The molecule has 2 aromatic carbocycles. The number of nitrogens with zero attached hydrogens (tertiary/aromatic N) is 4. The van der Waals surface area contributed by atoms with Gasteiger partial charge in [-0.2, -0.15) is 4.98 Å². The molecule has 0 N–H and O–H groups in total. The number of aromatic nitrogens is 2. The normalized spacial score (nSPS) is 10.7. The third-order valence-corrected chi connectivity index (χ3v) is 4.32. The topological polar surface area (TPSA) is 112 Å². The maximum atomic E-state index is 13.1. The van der Waals surface area contributed by atoms with Crippen molar-refractivity contribution in [1.82, 2.24) is 15.0 Å². The van der Waals surface area contributed by atoms with E-state index in [1.54, 1.807) is 12.1 Å². The Morgan fingerprint density at radius 2 is 2.00 bits per heavy atom. The molecule has 10 heteroatoms. The van der Waals surface area contributed by atoms with E-state index in [9.17, 15) is 19.3 Å². The molecule has 0 aliphatic heterocycles. The summed E-state index contributed by atoms with van der Waals surface area (Å²) in [7, 11) is 1.52. The number of rotatable bonds is 9. The highest BCUT2D eigenvalue weighted by Crippen LogP contribution is 2.18. The molecular weight excluding hydrogens is 395 g/mol. The van der Waals surface area contributed by atoms with Gasteiger partial charge in [0.1, 0.15) is 5.82 Å². The Bertz CT molecular complexity index is 1020. The zero-order chi connectivity index (χ0) is 21.5. The lowest BCUT2D eigenvalue weighted by atomic mass is 10.1. The van der Waals surface area contributed by atoms with Gasteiger partial charge in [-0.15, -0.1) is 0 Å². The van der Waals surface area contributed by atoms with Crippen molar-refractivity contribution < 1.29 is 23.4 Å². The molecule has 0 bridgehead atoms. The maximum Gasteiger partial charge on any atom is 0.270 e. The second kappa shape index (κ2) is 9.70. The number of nitro groups is 1. The van der Waals surface area contributed by atoms with Gasteiger partial charge in [-0.05, 0) is 30.3 Å². The zero-order valence-electron chi connectivity index (χ0n) is 16.2. The Morgan fingerprint density at radius 1 is 1.23 bits per heavy atom. The van der Waals surface area contributed by atoms with Crippen molar-refractivity contribution in [2.75, 3.05) is 26.8 Å². The molecule has 156 valence electrons. The van der Waals surface area contributed by atoms with Crippen molar-refractivity contribution in [2.24, 2.45) is 0 Å². The van der Waals surface area contributed by atoms with E-state index in [0.29, 0.717) is 23.9 Å². The van der Waals surface area contributed by atoms with Crippen molar-refractivity contribution in [1.29, 1.82) is 0 Å². The number of ether oxygens (including phenoxy) is 1. The molecule has 0 fully saturated rings. The van der Waals surface area contributed by atoms with Gasteiger partial charge in [0.05, 0.1) is 11.5 Å². The SMILES string of the molecule is COCCN(CCc1nc(-c2ccc(F)cc2)no1)C(=O)c1cccc([N+](=O)[O-])c1. The van der Waals surface area contributed by atoms with E-state index in [1.807, 2.05) is 0 Å². The minimum absolute atomic E-state index is 0.159. The molecule has 1 amide bonds. The van der Waals surface area contributed by atoms with Crippen LogP contribution in [0.25, 0.3) is 11.4 Å². The van der Waals surface area contributed by atoms with Crippen LogP contribution >= 0.6 is 0 Å². The molecule has 0 radical (unpaired) electrons. The van der Waals surface area contributed by atoms with E-state index >= 15 is 0 Å². The molecule has 0 atom stereocenters. The molecule has 0 unspecified atom stereocenters. The van der Waals surface area contributed by atoms with Gasteiger partial charge in [0.2, 0.25) is 11.7 Å². The van der Waals surface area contributed by atoms with Gasteiger partial charge < -0.3 is 14.2 Å². The van der Waals surface area contributed by atoms with Crippen LogP contribution in [-0.2, 0) is 11.2 Å². The van der Waals surface area contributed by atoms with Crippen molar-refractivity contribution in [3.8, 4) is 11.4 Å². The standard InChI is InChI=1S/C20H19FN4O5/c1-29-12-11-24(20(26)15-3-2-4-17(13-15)25(27)28)10-9-18-22-19(23-30-18)14-5-7-16(21)8-6-14/h2-8,13H,9-12H2,1H3. The van der Waals surface area contributed by atoms with E-state index in [1.165, 1.54) is 48.4 Å². The predicted molar refractivity (Wildman–Crippen MR) is 104 cm³/mol. The zero-order valence-corrected chi connectivity index (χ0v) is 16.2. The van der Waals surface area contributed by atoms with Crippen molar-refractivity contribution in [3.05, 3.63) is 75.9 Å². The number of non-ortho nitro benzene ring substituents is 1. The number of carbonyl (C=O) groups excluding carboxylic acids is 1. The number of methoxy groups -OCH3 is 1. The fourth-order valence-electron chi connectivity index (χ4n) is 2.75. The van der Waals surface area contributed by atoms with Crippen LogP contribution in [0.1, 0.15) is 16.2 Å². The van der Waals surface area contributed by atoms with Gasteiger partial charge in [-0.25, -0.2) is 4.39 Å². The van der Waals surface area contributed by atoms with Crippen LogP contribution in [0.4, 0.5) is 10.1 Å². The number of hydrogen-bond acceptors (Lipinski definition) is 7. The van der Waals surface area contributed by atoms with E-state index in [2.05, 4.69) is 10.1 Å². The lowest BCUT2D eigenvalue weighted by molar-refractivity contribution is -0.384. The Balaban J connectivity index is 1.71. The van der Waals surface area contributed by atoms with Crippen LogP contribution in [0.5, 0.6) is 0 Å². The Labute approximate surface area is 171 Å². The number of benzene rings is 2. The summed E-state index contributed by atoms with van der Waals surface area (Å²) in [6.07, 6.45) is 0.276. The lowest BCUT2D eigenvalue weighted by Crippen LogP contribution is -2.35. The summed E-state index contributed by atoms with van der Waals surface area (Å²) < 4.78 is 23.3. The fourth-order valence-corrected chi connectivity index (χ4v) is 2.75. The molecule has 1 heterocycles. The first-order chi connectivity index (χ1) is 14.5. The average Bonchev–Trinajstić information content (AvgIpc) is 3.23. The first-order valence-corrected chi connectivity index (χ1v) is 9.09. The number of hydrogen-bond donors (Lipinski definition) is 0. The molecule has 3 rings (SSSR count). The van der Waals surface area contributed by atoms with Gasteiger partial charge in [-0.1, -0.05) is 11.2 Å². The van der Waals surface area contributed by atoms with Gasteiger partial charge in [-0.3, -0.25) is 14.9 Å². The smallest absolute Gasteiger partial charge is 0.270 e. The second-order valence-corrected chi connectivity index (χ2v) is 6.36. The van der Waals surface area contributed by atoms with Crippen LogP contribution in [0, 0.1) is 15.9 Å². The Kier molecular flexibility index (Phi) is 6.81. The monoisotopic (exact) mass is 414 g/mol. The second-order valence-electron chi connectivity index (χ2n) is 6.36. The van der Waals surface area contributed by atoms with E-state index in [-0.39, 0.29) is 42.5 Å². The third kappa shape index (κ3) is 5.23. The molecule has 9 nitrogen and oxygen atoms in total. The molecule has 0 saturated carbocycles. The molecule has 0 saturated heterocycles. The van der Waals surface area contributed by atoms with Crippen molar-refractivity contribution >= 4 is 11.6 Å². The summed E-state index contributed by atoms with van der Waals surface area (Å²) in [6.45, 7) is 0.832. The minimum atomic E-state index is -0.550. The predicted octanol–water partition coefficient (Wildman–Crippen LogP) is 3.12. The van der Waals surface area contributed by atoms with Crippen LogP contribution in [0.3, 0.4) is 0 Å². The maximum absolute atomic E-state index is 13.1. The van der Waals surface area contributed by atoms with E-state index in [4.69, 9.17) is 9.26 Å². The van der Waals surface area contributed by atoms with Gasteiger partial charge >= 0.3 is 0 Å². The molecule has 0 aliphatic carbocycles. The van der Waals surface area contributed by atoms with Gasteiger partial charge in [0, 0.05) is 49.9 Å². The van der Waals surface area contributed by atoms with E-state index in [0.717, 1.165) is 0 Å². The summed E-state index contributed by atoms with van der Waals surface area (Å²) in [4.78, 5) is 29.1. The lowest BCUT2D eigenvalue weighted by Gasteiger charge is -2.21. The quantitative estimate of drug-likeness (QED) is 0.391. The van der Waals surface area contributed by atoms with Crippen LogP contribution in [0.15, 0.2) is 53.1 Å². The summed E-state index contributed by atoms with van der Waals surface area (Å²) >= 11 is 0. The Morgan fingerprint density at radius 3 is 2.70 bits per heavy atom. The molecule has 0 aliphatic rings. The first-order valence-electron chi connectivity index (χ1n) is 9.09.